The summed E-state index contributed by atoms with van der Waals surface area (Å²) in [6.07, 6.45) is 8.33. The first-order valence-electron chi connectivity index (χ1n) is 2.84. The van der Waals surface area contributed by atoms with Gasteiger partial charge in [-0.2, -0.15) is 13.0 Å². The van der Waals surface area contributed by atoms with E-state index >= 15 is 0 Å². The van der Waals surface area contributed by atoms with Crippen molar-refractivity contribution in [1.82, 2.24) is 0 Å². The quantitative estimate of drug-likeness (QED) is 0.401. The Morgan fingerprint density at radius 3 is 1.91 bits per heavy atom. The molecule has 0 saturated heterocycles. The Morgan fingerprint density at radius 1 is 1.36 bits per heavy atom. The van der Waals surface area contributed by atoms with Crippen molar-refractivity contribution in [3.05, 3.63) is 45.6 Å². The maximum atomic E-state index is 3.25. The number of hydrogen-bond donors (Lipinski definition) is 0. The number of hydrogen-bond acceptors (Lipinski definition) is 0. The van der Waals surface area contributed by atoms with E-state index in [0.29, 0.717) is 0 Å². The van der Waals surface area contributed by atoms with Crippen LogP contribution in [0.3, 0.4) is 0 Å². The van der Waals surface area contributed by atoms with Crippen LogP contribution in [0.5, 0.6) is 0 Å². The minimum Gasteiger partial charge on any atom is -0.358 e. The molecule has 0 saturated carbocycles. The van der Waals surface area contributed by atoms with E-state index in [9.17, 15) is 0 Å². The monoisotopic (exact) mass is 186 g/mol. The largest absolute Gasteiger partial charge is 4.00 e. The van der Waals surface area contributed by atoms with E-state index in [1.807, 2.05) is 0 Å². The van der Waals surface area contributed by atoms with Crippen molar-refractivity contribution in [2.45, 2.75) is 20.3 Å². The Labute approximate surface area is 87.7 Å². The van der Waals surface area contributed by atoms with Crippen LogP contribution in [0.1, 0.15) is 20.3 Å². The molecule has 11 heavy (non-hydrogen) atoms. The van der Waals surface area contributed by atoms with Crippen LogP contribution in [0.15, 0.2) is 17.7 Å². The van der Waals surface area contributed by atoms with E-state index in [1.54, 1.807) is 6.92 Å². The van der Waals surface area contributed by atoms with Crippen LogP contribution in [-0.4, -0.2) is 0 Å². The van der Waals surface area contributed by atoms with Gasteiger partial charge in [-0.1, -0.05) is 6.92 Å². The van der Waals surface area contributed by atoms with Crippen molar-refractivity contribution in [2.24, 2.45) is 0 Å². The average molecular weight is 186 g/mol. The van der Waals surface area contributed by atoms with Crippen LogP contribution in [-0.2, 0) is 21.7 Å². The molecular weight excluding hydrogens is 168 g/mol. The minimum atomic E-state index is 0. The second kappa shape index (κ2) is 16.7. The van der Waals surface area contributed by atoms with Gasteiger partial charge in [0, 0.05) is 0 Å². The molecule has 0 fully saturated rings. The maximum Gasteiger partial charge on any atom is 4.00 e. The van der Waals surface area contributed by atoms with Crippen LogP contribution in [0, 0.1) is 27.9 Å². The van der Waals surface area contributed by atoms with Gasteiger partial charge in [0.2, 0.25) is 0 Å². The Kier molecular flexibility index (Phi) is 34.0. The van der Waals surface area contributed by atoms with Crippen molar-refractivity contribution < 1.29 is 21.7 Å². The molecule has 0 nitrogen and oxygen atoms in total. The fourth-order valence-corrected chi connectivity index (χ4v) is 0.515. The summed E-state index contributed by atoms with van der Waals surface area (Å²) >= 11 is 0. The summed E-state index contributed by atoms with van der Waals surface area (Å²) in [7, 11) is 0. The van der Waals surface area contributed by atoms with Gasteiger partial charge in [-0.15, -0.1) is 6.42 Å². The molecule has 62 valence electrons. The molecular formula is C10H18Ti. The van der Waals surface area contributed by atoms with Gasteiger partial charge in [0.25, 0.3) is 0 Å². The van der Waals surface area contributed by atoms with Crippen LogP contribution < -0.4 is 0 Å². The van der Waals surface area contributed by atoms with Crippen LogP contribution in [0.25, 0.3) is 0 Å². The van der Waals surface area contributed by atoms with Gasteiger partial charge in [0.1, 0.15) is 0 Å². The molecule has 0 unspecified atom stereocenters. The van der Waals surface area contributed by atoms with E-state index in [2.05, 4.69) is 32.1 Å². The average Bonchev–Trinajstić information content (AvgIpc) is 2.24. The predicted octanol–water partition coefficient (Wildman–Crippen LogP) is 3.43. The summed E-state index contributed by atoms with van der Waals surface area (Å²) in [4.78, 5) is 0. The molecule has 0 aromatic heterocycles. The van der Waals surface area contributed by atoms with Crippen molar-refractivity contribution in [2.75, 3.05) is 0 Å². The SMILES string of the molecule is CC1=[C-]CC=C1.[CH2-]C.[CH3-].[CH3-].[Ti+4]. The van der Waals surface area contributed by atoms with Crippen molar-refractivity contribution in [3.8, 4) is 0 Å². The molecule has 0 spiro atoms. The predicted molar refractivity (Wildman–Crippen MR) is 50.0 cm³/mol. The Hall–Kier alpha value is 0.194. The summed E-state index contributed by atoms with van der Waals surface area (Å²) in [5.41, 5.74) is 1.27. The van der Waals surface area contributed by atoms with Crippen LogP contribution >= 0.6 is 0 Å². The van der Waals surface area contributed by atoms with Gasteiger partial charge < -0.3 is 21.8 Å². The number of rotatable bonds is 0. The molecule has 1 heteroatoms. The van der Waals surface area contributed by atoms with Crippen molar-refractivity contribution in [3.63, 3.8) is 0 Å². The summed E-state index contributed by atoms with van der Waals surface area (Å²) < 4.78 is 0. The second-order valence-corrected chi connectivity index (χ2v) is 1.47. The third-order valence-corrected chi connectivity index (χ3v) is 0.867. The molecule has 0 radical (unpaired) electrons. The Bertz CT molecular complexity index is 98.7. The molecule has 0 N–H and O–H groups in total. The van der Waals surface area contributed by atoms with Gasteiger partial charge in [-0.05, 0) is 0 Å². The fraction of sp³-hybridized carbons (Fsp3) is 0.300. The molecule has 1 aliphatic carbocycles. The van der Waals surface area contributed by atoms with Gasteiger partial charge in [-0.3, -0.25) is 6.08 Å². The second-order valence-electron chi connectivity index (χ2n) is 1.47. The van der Waals surface area contributed by atoms with E-state index < -0.39 is 0 Å². The third kappa shape index (κ3) is 13.2. The fourth-order valence-electron chi connectivity index (χ4n) is 0.515. The smallest absolute Gasteiger partial charge is 0.358 e. The molecule has 0 bridgehead atoms. The summed E-state index contributed by atoms with van der Waals surface area (Å²) in [5, 5.41) is 0. The zero-order valence-electron chi connectivity index (χ0n) is 8.07. The van der Waals surface area contributed by atoms with E-state index in [-0.39, 0.29) is 36.6 Å². The first-order chi connectivity index (χ1) is 3.89. The van der Waals surface area contributed by atoms with E-state index in [1.165, 1.54) is 5.57 Å². The zero-order chi connectivity index (χ0) is 6.41. The molecule has 0 aromatic carbocycles. The van der Waals surface area contributed by atoms with Gasteiger partial charge in [0.15, 0.2) is 0 Å². The van der Waals surface area contributed by atoms with Gasteiger partial charge in [-0.25, -0.2) is 11.6 Å². The molecule has 1 rings (SSSR count). The number of allylic oxidation sites excluding steroid dienone is 4. The van der Waals surface area contributed by atoms with E-state index in [0.717, 1.165) is 6.42 Å². The molecule has 1 aliphatic rings. The first-order valence-corrected chi connectivity index (χ1v) is 2.84. The molecule has 0 heterocycles. The molecule has 0 amide bonds. The summed E-state index contributed by atoms with van der Waals surface area (Å²) in [6.45, 7) is 7.06. The molecule has 0 aromatic rings. The van der Waals surface area contributed by atoms with Crippen LogP contribution in [0.4, 0.5) is 0 Å². The van der Waals surface area contributed by atoms with Crippen molar-refractivity contribution in [1.29, 1.82) is 0 Å². The maximum absolute atomic E-state index is 3.25. The zero-order valence-corrected chi connectivity index (χ0v) is 9.63. The van der Waals surface area contributed by atoms with Gasteiger partial charge >= 0.3 is 21.7 Å². The van der Waals surface area contributed by atoms with Crippen LogP contribution in [0.2, 0.25) is 0 Å². The topological polar surface area (TPSA) is 0 Å². The normalized spacial score (nSPS) is 10.6. The molecule has 0 aliphatic heterocycles. The van der Waals surface area contributed by atoms with Gasteiger partial charge in [0.05, 0.1) is 0 Å². The van der Waals surface area contributed by atoms with Crippen molar-refractivity contribution >= 4 is 0 Å². The first kappa shape index (κ1) is 22.5. The minimum absolute atomic E-state index is 0. The molecule has 0 atom stereocenters. The third-order valence-electron chi connectivity index (χ3n) is 0.867. The summed E-state index contributed by atoms with van der Waals surface area (Å²) in [5.74, 6) is 0. The standard InChI is InChI=1S/C6H7.C2H5.2CH3.Ti/c1-6-4-2-3-5-6;1-2;;;/h2,4H,3H2,1H3;1H2,2H3;2*1H3;/q4*-1;+4. The Balaban J connectivity index is -0.0000000459. The Morgan fingerprint density at radius 2 is 1.82 bits per heavy atom. The van der Waals surface area contributed by atoms with E-state index in [4.69, 9.17) is 0 Å². The summed E-state index contributed by atoms with van der Waals surface area (Å²) in [6, 6.07) is 0.